The van der Waals surface area contributed by atoms with E-state index in [1.165, 1.54) is 24.0 Å². The molecular formula is C31H32N8O3. The Balaban J connectivity index is 1.23. The van der Waals surface area contributed by atoms with Gasteiger partial charge in [-0.25, -0.2) is 4.98 Å². The summed E-state index contributed by atoms with van der Waals surface area (Å²) in [6, 6.07) is 11.4. The minimum atomic E-state index is -0.685. The molecule has 1 fully saturated rings. The zero-order chi connectivity index (χ0) is 29.0. The van der Waals surface area contributed by atoms with E-state index in [1.807, 2.05) is 16.7 Å². The number of imide groups is 1. The standard InChI is InChI=1S/C31H32N8O3/c1-17(2)39-16-32-26-27(36-31(37-28(26)39)33-20-11-10-18-6-3-4-7-19(18)14-20)34-23-9-5-8-21-22(23)15-38(30(21)42)24-12-13-25(40)35-29(24)41/h5,8-11,14,16-17,24H,3-4,6-7,12-13,15H2,1-2H3,(H,35,40,41)(H2,33,34,36,37). The van der Waals surface area contributed by atoms with E-state index in [4.69, 9.17) is 9.97 Å². The van der Waals surface area contributed by atoms with Crippen LogP contribution in [0.1, 0.15) is 72.6 Å². The summed E-state index contributed by atoms with van der Waals surface area (Å²) in [5, 5.41) is 9.21. The van der Waals surface area contributed by atoms with Crippen molar-refractivity contribution in [2.24, 2.45) is 0 Å². The number of fused-ring (bicyclic) bond motifs is 3. The average Bonchev–Trinajstić information content (AvgIpc) is 3.55. The van der Waals surface area contributed by atoms with E-state index < -0.39 is 11.9 Å². The molecule has 42 heavy (non-hydrogen) atoms. The predicted molar refractivity (Wildman–Crippen MR) is 158 cm³/mol. The summed E-state index contributed by atoms with van der Waals surface area (Å²) in [5.74, 6) is -0.0142. The lowest BCUT2D eigenvalue weighted by Crippen LogP contribution is -2.52. The highest BCUT2D eigenvalue weighted by Gasteiger charge is 2.40. The summed E-state index contributed by atoms with van der Waals surface area (Å²) >= 11 is 0. The first-order chi connectivity index (χ1) is 20.4. The summed E-state index contributed by atoms with van der Waals surface area (Å²) in [5.41, 5.74) is 7.00. The minimum Gasteiger partial charge on any atom is -0.338 e. The maximum atomic E-state index is 13.4. The predicted octanol–water partition coefficient (Wildman–Crippen LogP) is 4.53. The first-order valence-corrected chi connectivity index (χ1v) is 14.5. The van der Waals surface area contributed by atoms with Gasteiger partial charge in [0.15, 0.2) is 17.0 Å². The van der Waals surface area contributed by atoms with Crippen molar-refractivity contribution in [2.75, 3.05) is 10.6 Å². The lowest BCUT2D eigenvalue weighted by molar-refractivity contribution is -0.136. The number of amides is 3. The van der Waals surface area contributed by atoms with Crippen LogP contribution in [-0.2, 0) is 29.0 Å². The van der Waals surface area contributed by atoms with Crippen LogP contribution in [0.25, 0.3) is 11.2 Å². The number of carbonyl (C=O) groups excluding carboxylic acids is 3. The highest BCUT2D eigenvalue weighted by Crippen LogP contribution is 2.35. The Morgan fingerprint density at radius 2 is 1.81 bits per heavy atom. The zero-order valence-corrected chi connectivity index (χ0v) is 23.6. The number of carbonyl (C=O) groups is 3. The second-order valence-corrected chi connectivity index (χ2v) is 11.5. The second-order valence-electron chi connectivity index (χ2n) is 11.5. The van der Waals surface area contributed by atoms with E-state index in [9.17, 15) is 14.4 Å². The fourth-order valence-corrected chi connectivity index (χ4v) is 6.21. The molecule has 3 N–H and O–H groups in total. The van der Waals surface area contributed by atoms with E-state index in [0.717, 1.165) is 24.1 Å². The molecule has 11 nitrogen and oxygen atoms in total. The normalized spacial score (nSPS) is 18.3. The van der Waals surface area contributed by atoms with Gasteiger partial charge in [-0.15, -0.1) is 0 Å². The minimum absolute atomic E-state index is 0.134. The number of rotatable bonds is 6. The molecule has 214 valence electrons. The Bertz CT molecular complexity index is 1760. The van der Waals surface area contributed by atoms with Gasteiger partial charge in [-0.05, 0) is 81.3 Å². The van der Waals surface area contributed by atoms with Crippen molar-refractivity contribution in [1.82, 2.24) is 29.7 Å². The van der Waals surface area contributed by atoms with Gasteiger partial charge in [-0.3, -0.25) is 19.7 Å². The number of aryl methyl sites for hydroxylation is 2. The maximum Gasteiger partial charge on any atom is 0.255 e. The molecule has 7 rings (SSSR count). The molecule has 2 aliphatic heterocycles. The van der Waals surface area contributed by atoms with Crippen LogP contribution >= 0.6 is 0 Å². The molecule has 0 saturated carbocycles. The molecule has 2 aromatic heterocycles. The van der Waals surface area contributed by atoms with Gasteiger partial charge in [0.05, 0.1) is 6.33 Å². The quantitative estimate of drug-likeness (QED) is 0.291. The summed E-state index contributed by atoms with van der Waals surface area (Å²) in [4.78, 5) is 53.5. The van der Waals surface area contributed by atoms with Crippen molar-refractivity contribution < 1.29 is 14.4 Å². The zero-order valence-electron chi connectivity index (χ0n) is 23.6. The lowest BCUT2D eigenvalue weighted by atomic mass is 9.91. The van der Waals surface area contributed by atoms with Crippen LogP contribution in [0.5, 0.6) is 0 Å². The summed E-state index contributed by atoms with van der Waals surface area (Å²) < 4.78 is 2.00. The van der Waals surface area contributed by atoms with Crippen LogP contribution in [0.4, 0.5) is 23.1 Å². The second kappa shape index (κ2) is 10.2. The summed E-state index contributed by atoms with van der Waals surface area (Å²) in [6.45, 7) is 4.40. The maximum absolute atomic E-state index is 13.4. The Morgan fingerprint density at radius 1 is 0.976 bits per heavy atom. The molecule has 0 bridgehead atoms. The lowest BCUT2D eigenvalue weighted by Gasteiger charge is -2.29. The van der Waals surface area contributed by atoms with Crippen LogP contribution in [0, 0.1) is 0 Å². The van der Waals surface area contributed by atoms with Gasteiger partial charge >= 0.3 is 0 Å². The van der Waals surface area contributed by atoms with Gasteiger partial charge in [-0.1, -0.05) is 12.1 Å². The van der Waals surface area contributed by atoms with E-state index in [-0.39, 0.29) is 30.8 Å². The number of hydrogen-bond acceptors (Lipinski definition) is 8. The number of piperidine rings is 1. The number of hydrogen-bond donors (Lipinski definition) is 3. The van der Waals surface area contributed by atoms with Crippen LogP contribution in [-0.4, -0.2) is 48.2 Å². The molecule has 1 aliphatic carbocycles. The first-order valence-electron chi connectivity index (χ1n) is 14.5. The SMILES string of the molecule is CC(C)n1cnc2c(Nc3cccc4c3CN(C3CCC(=O)NC3=O)C4=O)nc(Nc3ccc4c(c3)CCCC4)nc21. The van der Waals surface area contributed by atoms with Crippen LogP contribution in [0.3, 0.4) is 0 Å². The fourth-order valence-electron chi connectivity index (χ4n) is 6.21. The molecular weight excluding hydrogens is 532 g/mol. The first kappa shape index (κ1) is 26.1. The third-order valence-corrected chi connectivity index (χ3v) is 8.42. The molecule has 0 radical (unpaired) electrons. The third kappa shape index (κ3) is 4.54. The van der Waals surface area contributed by atoms with Crippen LogP contribution in [0.2, 0.25) is 0 Å². The Labute approximate surface area is 242 Å². The van der Waals surface area contributed by atoms with Crippen molar-refractivity contribution in [3.63, 3.8) is 0 Å². The number of nitrogens with one attached hydrogen (secondary N) is 3. The summed E-state index contributed by atoms with van der Waals surface area (Å²) in [6.07, 6.45) is 6.90. The smallest absolute Gasteiger partial charge is 0.255 e. The molecule has 4 heterocycles. The summed E-state index contributed by atoms with van der Waals surface area (Å²) in [7, 11) is 0. The molecule has 3 aliphatic rings. The van der Waals surface area contributed by atoms with Crippen molar-refractivity contribution in [1.29, 1.82) is 0 Å². The fraction of sp³-hybridized carbons (Fsp3) is 0.355. The van der Waals surface area contributed by atoms with E-state index in [1.54, 1.807) is 17.3 Å². The molecule has 0 spiro atoms. The highest BCUT2D eigenvalue weighted by molar-refractivity contribution is 6.06. The molecule has 1 saturated heterocycles. The topological polar surface area (TPSA) is 134 Å². The van der Waals surface area contributed by atoms with Crippen molar-refractivity contribution >= 4 is 52.0 Å². The van der Waals surface area contributed by atoms with Crippen molar-refractivity contribution in [2.45, 2.75) is 71.0 Å². The van der Waals surface area contributed by atoms with Gasteiger partial charge in [0.1, 0.15) is 6.04 Å². The molecule has 1 unspecified atom stereocenters. The average molecular weight is 565 g/mol. The number of anilines is 4. The highest BCUT2D eigenvalue weighted by atomic mass is 16.2. The van der Waals surface area contributed by atoms with Crippen LogP contribution < -0.4 is 16.0 Å². The molecule has 1 atom stereocenters. The molecule has 2 aromatic carbocycles. The molecule has 3 amide bonds. The number of benzene rings is 2. The van der Waals surface area contributed by atoms with Gasteiger partial charge in [0.25, 0.3) is 5.91 Å². The Morgan fingerprint density at radius 3 is 2.62 bits per heavy atom. The number of nitrogens with zero attached hydrogens (tertiary/aromatic N) is 5. The monoisotopic (exact) mass is 564 g/mol. The number of imidazole rings is 1. The van der Waals surface area contributed by atoms with Gasteiger partial charge in [-0.2, -0.15) is 9.97 Å². The molecule has 11 heteroatoms. The van der Waals surface area contributed by atoms with Crippen molar-refractivity contribution in [3.05, 3.63) is 65.0 Å². The Kier molecular flexibility index (Phi) is 6.37. The van der Waals surface area contributed by atoms with Crippen molar-refractivity contribution in [3.8, 4) is 0 Å². The van der Waals surface area contributed by atoms with Gasteiger partial charge < -0.3 is 20.1 Å². The third-order valence-electron chi connectivity index (χ3n) is 8.42. The number of aromatic nitrogens is 4. The van der Waals surface area contributed by atoms with Crippen LogP contribution in [0.15, 0.2) is 42.7 Å². The largest absolute Gasteiger partial charge is 0.338 e. The molecule has 4 aromatic rings. The van der Waals surface area contributed by atoms with Gasteiger partial charge in [0, 0.05) is 41.5 Å². The van der Waals surface area contributed by atoms with E-state index in [2.05, 4.69) is 53.0 Å². The van der Waals surface area contributed by atoms with E-state index >= 15 is 0 Å². The van der Waals surface area contributed by atoms with E-state index in [0.29, 0.717) is 40.6 Å². The van der Waals surface area contributed by atoms with Gasteiger partial charge in [0.2, 0.25) is 17.8 Å². The Hall–Kier alpha value is -4.80.